The predicted molar refractivity (Wildman–Crippen MR) is 78.1 cm³/mol. The predicted octanol–water partition coefficient (Wildman–Crippen LogP) is 4.90. The number of aromatic amines is 1. The highest BCUT2D eigenvalue weighted by Gasteiger charge is 2.04. The number of H-pyrrole nitrogens is 1. The Morgan fingerprint density at radius 2 is 1.67 bits per heavy atom. The van der Waals surface area contributed by atoms with E-state index in [1.807, 2.05) is 26.8 Å². The highest BCUT2D eigenvalue weighted by molar-refractivity contribution is 6.34. The summed E-state index contributed by atoms with van der Waals surface area (Å²) in [7, 11) is 0. The molecule has 2 heterocycles. The third kappa shape index (κ3) is 3.98. The van der Waals surface area contributed by atoms with E-state index in [9.17, 15) is 0 Å². The summed E-state index contributed by atoms with van der Waals surface area (Å²) in [5, 5.41) is 8.29. The van der Waals surface area contributed by atoms with Crippen LogP contribution >= 0.6 is 11.6 Å². The van der Waals surface area contributed by atoms with Gasteiger partial charge in [-0.15, -0.1) is 0 Å². The van der Waals surface area contributed by atoms with Crippen LogP contribution in [0.3, 0.4) is 0 Å². The van der Waals surface area contributed by atoms with Crippen LogP contribution < -0.4 is 0 Å². The van der Waals surface area contributed by atoms with Crippen molar-refractivity contribution in [3.63, 3.8) is 0 Å². The highest BCUT2D eigenvalue weighted by atomic mass is 35.5. The van der Waals surface area contributed by atoms with Crippen molar-refractivity contribution >= 4 is 22.5 Å². The van der Waals surface area contributed by atoms with Gasteiger partial charge in [0, 0.05) is 11.9 Å². The summed E-state index contributed by atoms with van der Waals surface area (Å²) >= 11 is 5.83. The zero-order valence-corrected chi connectivity index (χ0v) is 12.2. The fraction of sp³-hybridized carbons (Fsp3) is 0.571. The van der Waals surface area contributed by atoms with E-state index in [2.05, 4.69) is 15.2 Å². The van der Waals surface area contributed by atoms with E-state index in [4.69, 9.17) is 11.6 Å². The summed E-state index contributed by atoms with van der Waals surface area (Å²) in [5.74, 6) is 0. The molecular formula is C14H22ClN3. The van der Waals surface area contributed by atoms with Crippen LogP contribution in [0.4, 0.5) is 0 Å². The minimum Gasteiger partial charge on any atom is -0.282 e. The van der Waals surface area contributed by atoms with Crippen LogP contribution in [0.25, 0.3) is 10.9 Å². The normalized spacial score (nSPS) is 13.6. The molecule has 0 radical (unpaired) electrons. The van der Waals surface area contributed by atoms with E-state index in [0.717, 1.165) is 16.6 Å². The maximum Gasteiger partial charge on any atom is 0.140 e. The first-order valence-corrected chi connectivity index (χ1v) is 7.12. The minimum absolute atomic E-state index is 0.508. The zero-order valence-electron chi connectivity index (χ0n) is 11.5. The van der Waals surface area contributed by atoms with Crippen molar-refractivity contribution in [2.75, 3.05) is 0 Å². The summed E-state index contributed by atoms with van der Waals surface area (Å²) in [5.41, 5.74) is 1.82. The highest BCUT2D eigenvalue weighted by Crippen LogP contribution is 2.21. The number of nitrogens with zero attached hydrogens (tertiary/aromatic N) is 2. The van der Waals surface area contributed by atoms with Crippen LogP contribution in [0.2, 0.25) is 5.15 Å². The van der Waals surface area contributed by atoms with E-state index in [-0.39, 0.29) is 0 Å². The van der Waals surface area contributed by atoms with Gasteiger partial charge in [-0.1, -0.05) is 57.6 Å². The molecule has 2 aromatic heterocycles. The molecule has 1 aliphatic rings. The van der Waals surface area contributed by atoms with Crippen LogP contribution in [0.5, 0.6) is 0 Å². The molecular weight excluding hydrogens is 246 g/mol. The average Bonchev–Trinajstić information content (AvgIpc) is 3.06. The number of fused-ring (bicyclic) bond motifs is 1. The molecule has 3 nitrogen and oxygen atoms in total. The second-order valence-corrected chi connectivity index (χ2v) is 4.47. The van der Waals surface area contributed by atoms with Crippen LogP contribution in [0, 0.1) is 6.92 Å². The first-order valence-electron chi connectivity index (χ1n) is 6.74. The van der Waals surface area contributed by atoms with Crippen molar-refractivity contribution in [1.82, 2.24) is 15.2 Å². The smallest absolute Gasteiger partial charge is 0.140 e. The quantitative estimate of drug-likeness (QED) is 0.690. The molecule has 3 rings (SSSR count). The molecule has 0 spiro atoms. The van der Waals surface area contributed by atoms with Gasteiger partial charge in [0.2, 0.25) is 0 Å². The van der Waals surface area contributed by atoms with Gasteiger partial charge in [0.1, 0.15) is 5.15 Å². The SMILES string of the molecule is C1CCCC1.CC.Cc1[nH]nc2ccnc(Cl)c12. The molecule has 1 saturated carbocycles. The van der Waals surface area contributed by atoms with E-state index in [0.29, 0.717) is 5.15 Å². The van der Waals surface area contributed by atoms with Gasteiger partial charge in [0.25, 0.3) is 0 Å². The number of aryl methyl sites for hydroxylation is 1. The lowest BCUT2D eigenvalue weighted by atomic mass is 10.3. The molecule has 100 valence electrons. The molecule has 1 aliphatic carbocycles. The Kier molecular flexibility index (Phi) is 6.73. The largest absolute Gasteiger partial charge is 0.282 e. The Balaban J connectivity index is 0.000000195. The van der Waals surface area contributed by atoms with Crippen molar-refractivity contribution in [3.05, 3.63) is 23.1 Å². The third-order valence-corrected chi connectivity index (χ3v) is 3.14. The van der Waals surface area contributed by atoms with Crippen LogP contribution in [-0.4, -0.2) is 15.2 Å². The molecule has 1 fully saturated rings. The Morgan fingerprint density at radius 3 is 2.17 bits per heavy atom. The Bertz CT molecular complexity index is 453. The molecule has 2 aromatic rings. The summed E-state index contributed by atoms with van der Waals surface area (Å²) < 4.78 is 0. The average molecular weight is 268 g/mol. The Labute approximate surface area is 114 Å². The summed E-state index contributed by atoms with van der Waals surface area (Å²) in [4.78, 5) is 3.95. The molecule has 0 amide bonds. The number of aromatic nitrogens is 3. The fourth-order valence-corrected chi connectivity index (χ4v) is 2.25. The summed E-state index contributed by atoms with van der Waals surface area (Å²) in [6.45, 7) is 5.92. The first-order chi connectivity index (χ1) is 8.79. The lowest BCUT2D eigenvalue weighted by Crippen LogP contribution is -1.76. The molecule has 0 bridgehead atoms. The molecule has 0 unspecified atom stereocenters. The van der Waals surface area contributed by atoms with Crippen molar-refractivity contribution in [3.8, 4) is 0 Å². The number of halogens is 1. The van der Waals surface area contributed by atoms with Crippen molar-refractivity contribution in [1.29, 1.82) is 0 Å². The fourth-order valence-electron chi connectivity index (χ4n) is 1.95. The second-order valence-electron chi connectivity index (χ2n) is 4.11. The lowest BCUT2D eigenvalue weighted by molar-refractivity contribution is 0.886. The van der Waals surface area contributed by atoms with Crippen LogP contribution in [0.15, 0.2) is 12.3 Å². The van der Waals surface area contributed by atoms with Crippen molar-refractivity contribution in [2.45, 2.75) is 52.9 Å². The van der Waals surface area contributed by atoms with Crippen molar-refractivity contribution in [2.24, 2.45) is 0 Å². The standard InChI is InChI=1S/C7H6ClN3.C5H10.C2H6/c1-4-6-5(11-10-4)2-3-9-7(6)8;1-2-4-5-3-1;1-2/h2-3H,1H3,(H,10,11);1-5H2;1-2H3. The van der Waals surface area contributed by atoms with E-state index in [1.54, 1.807) is 6.20 Å². The first kappa shape index (κ1) is 15.0. The van der Waals surface area contributed by atoms with Gasteiger partial charge in [0.05, 0.1) is 10.9 Å². The number of nitrogens with one attached hydrogen (secondary N) is 1. The van der Waals surface area contributed by atoms with E-state index >= 15 is 0 Å². The lowest BCUT2D eigenvalue weighted by Gasteiger charge is -1.90. The van der Waals surface area contributed by atoms with E-state index < -0.39 is 0 Å². The van der Waals surface area contributed by atoms with E-state index in [1.165, 1.54) is 32.1 Å². The van der Waals surface area contributed by atoms with Gasteiger partial charge in [-0.3, -0.25) is 5.10 Å². The zero-order chi connectivity index (χ0) is 13.4. The van der Waals surface area contributed by atoms with Crippen LogP contribution in [-0.2, 0) is 0 Å². The molecule has 4 heteroatoms. The van der Waals surface area contributed by atoms with Gasteiger partial charge in [0.15, 0.2) is 0 Å². The third-order valence-electron chi connectivity index (χ3n) is 2.85. The molecule has 0 saturated heterocycles. The maximum absolute atomic E-state index is 5.83. The molecule has 0 atom stereocenters. The maximum atomic E-state index is 5.83. The molecule has 1 N–H and O–H groups in total. The summed E-state index contributed by atoms with van der Waals surface area (Å²) in [6.07, 6.45) is 9.14. The number of hydrogen-bond acceptors (Lipinski definition) is 2. The molecule has 18 heavy (non-hydrogen) atoms. The van der Waals surface area contributed by atoms with Gasteiger partial charge in [-0.2, -0.15) is 5.10 Å². The molecule has 0 aromatic carbocycles. The Morgan fingerprint density at radius 1 is 1.11 bits per heavy atom. The Hall–Kier alpha value is -1.09. The van der Waals surface area contributed by atoms with Gasteiger partial charge in [-0.05, 0) is 13.0 Å². The van der Waals surface area contributed by atoms with Crippen molar-refractivity contribution < 1.29 is 0 Å². The number of hydrogen-bond donors (Lipinski definition) is 1. The van der Waals surface area contributed by atoms with Gasteiger partial charge in [-0.25, -0.2) is 4.98 Å². The van der Waals surface area contributed by atoms with Gasteiger partial charge >= 0.3 is 0 Å². The number of rotatable bonds is 0. The van der Waals surface area contributed by atoms with Crippen LogP contribution in [0.1, 0.15) is 51.6 Å². The minimum atomic E-state index is 0.508. The number of pyridine rings is 1. The topological polar surface area (TPSA) is 41.6 Å². The monoisotopic (exact) mass is 267 g/mol. The molecule has 0 aliphatic heterocycles. The van der Waals surface area contributed by atoms with Gasteiger partial charge < -0.3 is 0 Å². The second kappa shape index (κ2) is 8.09. The summed E-state index contributed by atoms with van der Waals surface area (Å²) in [6, 6.07) is 1.82.